The summed E-state index contributed by atoms with van der Waals surface area (Å²) >= 11 is 0. The van der Waals surface area contributed by atoms with E-state index in [9.17, 15) is 9.59 Å². The van der Waals surface area contributed by atoms with Gasteiger partial charge in [-0.1, -0.05) is 30.3 Å². The summed E-state index contributed by atoms with van der Waals surface area (Å²) in [5.74, 6) is 0.726. The van der Waals surface area contributed by atoms with Crippen molar-refractivity contribution < 1.29 is 9.59 Å². The molecule has 0 spiro atoms. The number of aryl methyl sites for hydroxylation is 1. The number of hydrogen-bond acceptors (Lipinski definition) is 2. The molecule has 0 bridgehead atoms. The number of hydrogen-bond donors (Lipinski definition) is 0. The average molecular weight is 259 g/mol. The lowest BCUT2D eigenvalue weighted by molar-refractivity contribution is -0.132. The Morgan fingerprint density at radius 2 is 1.89 bits per heavy atom. The molecule has 102 valence electrons. The van der Waals surface area contributed by atoms with Crippen LogP contribution >= 0.6 is 0 Å². The summed E-state index contributed by atoms with van der Waals surface area (Å²) in [4.78, 5) is 24.5. The van der Waals surface area contributed by atoms with Crippen molar-refractivity contribution in [2.45, 2.75) is 32.1 Å². The molecule has 0 aromatic heterocycles. The van der Waals surface area contributed by atoms with E-state index >= 15 is 0 Å². The van der Waals surface area contributed by atoms with Gasteiger partial charge in [0.1, 0.15) is 6.29 Å². The summed E-state index contributed by atoms with van der Waals surface area (Å²) in [7, 11) is 0. The third-order valence-corrected chi connectivity index (χ3v) is 3.87. The molecule has 1 aromatic rings. The number of rotatable bonds is 5. The van der Waals surface area contributed by atoms with Gasteiger partial charge in [-0.3, -0.25) is 4.79 Å². The fourth-order valence-electron chi connectivity index (χ4n) is 2.61. The maximum absolute atomic E-state index is 12.1. The second-order valence-electron chi connectivity index (χ2n) is 5.21. The van der Waals surface area contributed by atoms with E-state index in [2.05, 4.69) is 12.1 Å². The van der Waals surface area contributed by atoms with E-state index in [0.29, 0.717) is 18.8 Å². The van der Waals surface area contributed by atoms with Crippen LogP contribution in [-0.4, -0.2) is 30.2 Å². The highest BCUT2D eigenvalue weighted by atomic mass is 16.2. The quantitative estimate of drug-likeness (QED) is 0.762. The molecule has 0 unspecified atom stereocenters. The third kappa shape index (κ3) is 4.19. The van der Waals surface area contributed by atoms with Crippen LogP contribution in [0.4, 0.5) is 0 Å². The molecule has 1 saturated heterocycles. The highest BCUT2D eigenvalue weighted by Crippen LogP contribution is 2.20. The number of aldehydes is 1. The summed E-state index contributed by atoms with van der Waals surface area (Å²) in [5, 5.41) is 0. The Bertz CT molecular complexity index is 408. The SMILES string of the molecule is O=CCC1CCN(C(=O)CCc2ccccc2)CC1. The molecular weight excluding hydrogens is 238 g/mol. The van der Waals surface area contributed by atoms with Crippen LogP contribution in [0.2, 0.25) is 0 Å². The van der Waals surface area contributed by atoms with Gasteiger partial charge in [0, 0.05) is 25.9 Å². The lowest BCUT2D eigenvalue weighted by Gasteiger charge is -2.31. The Hall–Kier alpha value is -1.64. The fourth-order valence-corrected chi connectivity index (χ4v) is 2.61. The second kappa shape index (κ2) is 7.07. The van der Waals surface area contributed by atoms with Crippen LogP contribution in [0.25, 0.3) is 0 Å². The first-order valence-electron chi connectivity index (χ1n) is 7.05. The highest BCUT2D eigenvalue weighted by molar-refractivity contribution is 5.76. The van der Waals surface area contributed by atoms with Crippen LogP contribution in [0.15, 0.2) is 30.3 Å². The molecule has 1 amide bonds. The fraction of sp³-hybridized carbons (Fsp3) is 0.500. The summed E-state index contributed by atoms with van der Waals surface area (Å²) < 4.78 is 0. The molecule has 0 N–H and O–H groups in total. The number of carbonyl (C=O) groups is 2. The largest absolute Gasteiger partial charge is 0.343 e. The van der Waals surface area contributed by atoms with Gasteiger partial charge in [-0.15, -0.1) is 0 Å². The van der Waals surface area contributed by atoms with E-state index in [1.165, 1.54) is 5.56 Å². The van der Waals surface area contributed by atoms with Gasteiger partial charge in [0.15, 0.2) is 0 Å². The summed E-state index contributed by atoms with van der Waals surface area (Å²) in [6, 6.07) is 10.1. The lowest BCUT2D eigenvalue weighted by Crippen LogP contribution is -2.38. The second-order valence-corrected chi connectivity index (χ2v) is 5.21. The van der Waals surface area contributed by atoms with Crippen molar-refractivity contribution in [2.75, 3.05) is 13.1 Å². The van der Waals surface area contributed by atoms with Gasteiger partial charge in [0.2, 0.25) is 5.91 Å². The predicted octanol–water partition coefficient (Wildman–Crippen LogP) is 2.45. The lowest BCUT2D eigenvalue weighted by atomic mass is 9.94. The van der Waals surface area contributed by atoms with Crippen LogP contribution in [0.3, 0.4) is 0 Å². The summed E-state index contributed by atoms with van der Waals surface area (Å²) in [6.45, 7) is 1.62. The zero-order valence-corrected chi connectivity index (χ0v) is 11.3. The molecule has 0 saturated carbocycles. The van der Waals surface area contributed by atoms with Crippen LogP contribution in [-0.2, 0) is 16.0 Å². The number of benzene rings is 1. The maximum Gasteiger partial charge on any atom is 0.222 e. The first-order chi connectivity index (χ1) is 9.29. The Kier molecular flexibility index (Phi) is 5.13. The molecule has 1 fully saturated rings. The topological polar surface area (TPSA) is 37.4 Å². The molecule has 0 aliphatic carbocycles. The van der Waals surface area contributed by atoms with Crippen molar-refractivity contribution in [3.8, 4) is 0 Å². The zero-order valence-electron chi connectivity index (χ0n) is 11.3. The minimum Gasteiger partial charge on any atom is -0.343 e. The van der Waals surface area contributed by atoms with Crippen molar-refractivity contribution in [1.29, 1.82) is 0 Å². The molecule has 1 aromatic carbocycles. The molecule has 19 heavy (non-hydrogen) atoms. The van der Waals surface area contributed by atoms with Crippen LogP contribution in [0.1, 0.15) is 31.2 Å². The molecule has 0 radical (unpaired) electrons. The van der Waals surface area contributed by atoms with Crippen molar-refractivity contribution in [2.24, 2.45) is 5.92 Å². The molecular formula is C16H21NO2. The van der Waals surface area contributed by atoms with Crippen molar-refractivity contribution in [3.05, 3.63) is 35.9 Å². The monoisotopic (exact) mass is 259 g/mol. The average Bonchev–Trinajstić information content (AvgIpc) is 2.47. The predicted molar refractivity (Wildman–Crippen MR) is 74.7 cm³/mol. The normalized spacial score (nSPS) is 16.3. The van der Waals surface area contributed by atoms with Crippen LogP contribution < -0.4 is 0 Å². The van der Waals surface area contributed by atoms with Gasteiger partial charge in [-0.2, -0.15) is 0 Å². The molecule has 0 atom stereocenters. The van der Waals surface area contributed by atoms with Crippen LogP contribution in [0, 0.1) is 5.92 Å². The summed E-state index contributed by atoms with van der Waals surface area (Å²) in [6.07, 6.45) is 4.98. The van der Waals surface area contributed by atoms with E-state index in [1.54, 1.807) is 0 Å². The number of likely N-dealkylation sites (tertiary alicyclic amines) is 1. The van der Waals surface area contributed by atoms with E-state index in [0.717, 1.165) is 38.6 Å². The van der Waals surface area contributed by atoms with Gasteiger partial charge in [-0.05, 0) is 30.7 Å². The van der Waals surface area contributed by atoms with Crippen molar-refractivity contribution >= 4 is 12.2 Å². The number of nitrogens with zero attached hydrogens (tertiary/aromatic N) is 1. The number of piperidine rings is 1. The molecule has 3 nitrogen and oxygen atoms in total. The molecule has 3 heteroatoms. The smallest absolute Gasteiger partial charge is 0.222 e. The first-order valence-corrected chi connectivity index (χ1v) is 7.05. The summed E-state index contributed by atoms with van der Waals surface area (Å²) in [5.41, 5.74) is 1.21. The van der Waals surface area contributed by atoms with Crippen molar-refractivity contribution in [3.63, 3.8) is 0 Å². The van der Waals surface area contributed by atoms with Gasteiger partial charge in [0.25, 0.3) is 0 Å². The Morgan fingerprint density at radius 3 is 2.53 bits per heavy atom. The van der Waals surface area contributed by atoms with Gasteiger partial charge < -0.3 is 9.69 Å². The number of carbonyl (C=O) groups excluding carboxylic acids is 2. The van der Waals surface area contributed by atoms with Gasteiger partial charge in [0.05, 0.1) is 0 Å². The third-order valence-electron chi connectivity index (χ3n) is 3.87. The van der Waals surface area contributed by atoms with E-state index in [4.69, 9.17) is 0 Å². The Morgan fingerprint density at radius 1 is 1.21 bits per heavy atom. The van der Waals surface area contributed by atoms with E-state index < -0.39 is 0 Å². The highest BCUT2D eigenvalue weighted by Gasteiger charge is 2.21. The van der Waals surface area contributed by atoms with Gasteiger partial charge >= 0.3 is 0 Å². The standard InChI is InChI=1S/C16H21NO2/c18-13-10-15-8-11-17(12-9-15)16(19)7-6-14-4-2-1-3-5-14/h1-5,13,15H,6-12H2. The molecule has 1 aliphatic rings. The Balaban J connectivity index is 1.74. The van der Waals surface area contributed by atoms with Crippen molar-refractivity contribution in [1.82, 2.24) is 4.90 Å². The van der Waals surface area contributed by atoms with Crippen LogP contribution in [0.5, 0.6) is 0 Å². The Labute approximate surface area is 114 Å². The van der Waals surface area contributed by atoms with Gasteiger partial charge in [-0.25, -0.2) is 0 Å². The number of amides is 1. The molecule has 1 heterocycles. The van der Waals surface area contributed by atoms with E-state index in [-0.39, 0.29) is 5.91 Å². The first kappa shape index (κ1) is 13.8. The minimum atomic E-state index is 0.244. The minimum absolute atomic E-state index is 0.244. The molecule has 2 rings (SSSR count). The van der Waals surface area contributed by atoms with E-state index in [1.807, 2.05) is 23.1 Å². The maximum atomic E-state index is 12.1. The zero-order chi connectivity index (χ0) is 13.5. The molecule has 1 aliphatic heterocycles.